The van der Waals surface area contributed by atoms with Crippen LogP contribution in [0.3, 0.4) is 0 Å². The molecule has 5 heteroatoms. The van der Waals surface area contributed by atoms with Crippen molar-refractivity contribution < 1.29 is 4.74 Å². The number of nitrogens with zero attached hydrogens (tertiary/aromatic N) is 2. The van der Waals surface area contributed by atoms with Crippen molar-refractivity contribution in [3.63, 3.8) is 0 Å². The van der Waals surface area contributed by atoms with E-state index >= 15 is 0 Å². The number of fused-ring (bicyclic) bond motifs is 1. The number of hydrogen-bond acceptors (Lipinski definition) is 5. The Morgan fingerprint density at radius 3 is 2.68 bits per heavy atom. The van der Waals surface area contributed by atoms with Crippen LogP contribution < -0.4 is 10.1 Å². The molecule has 4 rings (SSSR count). The highest BCUT2D eigenvalue weighted by atomic mass is 32.1. The van der Waals surface area contributed by atoms with Crippen LogP contribution in [0.4, 0.5) is 5.13 Å². The molecule has 25 heavy (non-hydrogen) atoms. The molecule has 1 saturated heterocycles. The zero-order valence-electron chi connectivity index (χ0n) is 14.4. The Kier molecular flexibility index (Phi) is 4.85. The molecule has 0 bridgehead atoms. The number of benzene rings is 2. The molecule has 0 saturated carbocycles. The monoisotopic (exact) mass is 353 g/mol. The first-order valence-electron chi connectivity index (χ1n) is 8.81. The number of anilines is 1. The highest BCUT2D eigenvalue weighted by Crippen LogP contribution is 2.33. The molecule has 1 unspecified atom stereocenters. The van der Waals surface area contributed by atoms with Gasteiger partial charge >= 0.3 is 0 Å². The van der Waals surface area contributed by atoms with Gasteiger partial charge in [0, 0.05) is 12.1 Å². The summed E-state index contributed by atoms with van der Waals surface area (Å²) in [4.78, 5) is 7.26. The number of ether oxygens (including phenoxy) is 1. The van der Waals surface area contributed by atoms with Gasteiger partial charge in [0.1, 0.15) is 5.75 Å². The van der Waals surface area contributed by atoms with E-state index in [2.05, 4.69) is 46.6 Å². The highest BCUT2D eigenvalue weighted by Gasteiger charge is 2.26. The first-order chi connectivity index (χ1) is 12.3. The Morgan fingerprint density at radius 1 is 1.12 bits per heavy atom. The summed E-state index contributed by atoms with van der Waals surface area (Å²) in [7, 11) is 1.75. The summed E-state index contributed by atoms with van der Waals surface area (Å²) in [6.45, 7) is 3.12. The van der Waals surface area contributed by atoms with Crippen LogP contribution in [0.2, 0.25) is 0 Å². The molecule has 3 aromatic rings. The Balaban J connectivity index is 1.57. The molecule has 0 amide bonds. The van der Waals surface area contributed by atoms with Crippen LogP contribution in [0.5, 0.6) is 5.75 Å². The summed E-state index contributed by atoms with van der Waals surface area (Å²) in [6, 6.07) is 16.9. The molecule has 1 N–H and O–H groups in total. The van der Waals surface area contributed by atoms with E-state index in [4.69, 9.17) is 9.72 Å². The Bertz CT molecular complexity index is 809. The zero-order valence-corrected chi connectivity index (χ0v) is 15.3. The quantitative estimate of drug-likeness (QED) is 0.705. The van der Waals surface area contributed by atoms with Gasteiger partial charge in [-0.25, -0.2) is 4.98 Å². The molecule has 2 aromatic carbocycles. The molecule has 130 valence electrons. The van der Waals surface area contributed by atoms with Gasteiger partial charge in [0.2, 0.25) is 0 Å². The summed E-state index contributed by atoms with van der Waals surface area (Å²) < 4.78 is 6.84. The Hall–Kier alpha value is -2.11. The van der Waals surface area contributed by atoms with Crippen molar-refractivity contribution in [3.05, 3.63) is 54.1 Å². The van der Waals surface area contributed by atoms with Gasteiger partial charge in [0.05, 0.1) is 23.4 Å². The molecular formula is C20H23N3OS. The number of rotatable bonds is 6. The number of methoxy groups -OCH3 is 1. The molecule has 1 fully saturated rings. The maximum Gasteiger partial charge on any atom is 0.183 e. The standard InChI is InChI=1S/C20H23N3OS/c1-24-18-10-4-2-8-15(18)17(23-12-6-7-13-23)14-21-20-22-16-9-3-5-11-19(16)25-20/h2-5,8-11,17H,6-7,12-14H2,1H3,(H,21,22). The normalized spacial score (nSPS) is 16.2. The fourth-order valence-corrected chi connectivity index (χ4v) is 4.44. The zero-order chi connectivity index (χ0) is 17.1. The minimum Gasteiger partial charge on any atom is -0.496 e. The van der Waals surface area contributed by atoms with Crippen molar-refractivity contribution in [2.45, 2.75) is 18.9 Å². The average Bonchev–Trinajstić information content (AvgIpc) is 3.31. The first kappa shape index (κ1) is 16.4. The second kappa shape index (κ2) is 7.42. The summed E-state index contributed by atoms with van der Waals surface area (Å²) in [5.41, 5.74) is 2.31. The van der Waals surface area contributed by atoms with E-state index in [0.29, 0.717) is 6.04 Å². The van der Waals surface area contributed by atoms with Crippen molar-refractivity contribution in [1.29, 1.82) is 0 Å². The summed E-state index contributed by atoms with van der Waals surface area (Å²) >= 11 is 1.71. The van der Waals surface area contributed by atoms with E-state index in [1.807, 2.05) is 12.1 Å². The fraction of sp³-hybridized carbons (Fsp3) is 0.350. The summed E-state index contributed by atoms with van der Waals surface area (Å²) in [5, 5.41) is 4.56. The maximum absolute atomic E-state index is 5.62. The molecule has 0 spiro atoms. The van der Waals surface area contributed by atoms with Gasteiger partial charge in [-0.05, 0) is 44.1 Å². The third-order valence-electron chi connectivity index (χ3n) is 4.82. The topological polar surface area (TPSA) is 37.4 Å². The van der Waals surface area contributed by atoms with Crippen molar-refractivity contribution >= 4 is 26.7 Å². The van der Waals surface area contributed by atoms with Gasteiger partial charge in [-0.3, -0.25) is 4.90 Å². The second-order valence-corrected chi connectivity index (χ2v) is 7.40. The summed E-state index contributed by atoms with van der Waals surface area (Å²) in [6.07, 6.45) is 2.54. The minimum atomic E-state index is 0.297. The van der Waals surface area contributed by atoms with E-state index in [1.165, 1.54) is 23.1 Å². The Morgan fingerprint density at radius 2 is 1.88 bits per heavy atom. The van der Waals surface area contributed by atoms with Gasteiger partial charge in [-0.2, -0.15) is 0 Å². The van der Waals surface area contributed by atoms with Crippen LogP contribution in [-0.4, -0.2) is 36.6 Å². The molecule has 1 aromatic heterocycles. The van der Waals surface area contributed by atoms with E-state index < -0.39 is 0 Å². The molecule has 1 atom stereocenters. The lowest BCUT2D eigenvalue weighted by molar-refractivity contribution is 0.249. The predicted octanol–water partition coefficient (Wildman–Crippen LogP) is 4.55. The SMILES string of the molecule is COc1ccccc1C(CNc1nc2ccccc2s1)N1CCCC1. The van der Waals surface area contributed by atoms with Crippen LogP contribution >= 0.6 is 11.3 Å². The number of likely N-dealkylation sites (tertiary alicyclic amines) is 1. The predicted molar refractivity (Wildman–Crippen MR) is 105 cm³/mol. The van der Waals surface area contributed by atoms with Crippen LogP contribution in [0.1, 0.15) is 24.4 Å². The number of nitrogens with one attached hydrogen (secondary N) is 1. The third-order valence-corrected chi connectivity index (χ3v) is 5.81. The smallest absolute Gasteiger partial charge is 0.183 e. The van der Waals surface area contributed by atoms with Gasteiger partial charge < -0.3 is 10.1 Å². The van der Waals surface area contributed by atoms with Gasteiger partial charge in [0.15, 0.2) is 5.13 Å². The lowest BCUT2D eigenvalue weighted by Crippen LogP contribution is -2.31. The molecule has 2 heterocycles. The van der Waals surface area contributed by atoms with Crippen molar-refractivity contribution in [1.82, 2.24) is 9.88 Å². The lowest BCUT2D eigenvalue weighted by atomic mass is 10.0. The number of para-hydroxylation sites is 2. The van der Waals surface area contributed by atoms with E-state index in [0.717, 1.165) is 36.0 Å². The Labute approximate surface area is 152 Å². The highest BCUT2D eigenvalue weighted by molar-refractivity contribution is 7.22. The van der Waals surface area contributed by atoms with Crippen LogP contribution in [-0.2, 0) is 0 Å². The van der Waals surface area contributed by atoms with Crippen molar-refractivity contribution in [2.24, 2.45) is 0 Å². The molecule has 1 aliphatic heterocycles. The van der Waals surface area contributed by atoms with Crippen LogP contribution in [0, 0.1) is 0 Å². The molecule has 0 radical (unpaired) electrons. The van der Waals surface area contributed by atoms with Crippen molar-refractivity contribution in [2.75, 3.05) is 32.1 Å². The fourth-order valence-electron chi connectivity index (χ4n) is 3.56. The number of aromatic nitrogens is 1. The minimum absolute atomic E-state index is 0.297. The first-order valence-corrected chi connectivity index (χ1v) is 9.63. The number of thiazole rings is 1. The van der Waals surface area contributed by atoms with Gasteiger partial charge in [0.25, 0.3) is 0 Å². The largest absolute Gasteiger partial charge is 0.496 e. The maximum atomic E-state index is 5.62. The van der Waals surface area contributed by atoms with Crippen molar-refractivity contribution in [3.8, 4) is 5.75 Å². The molecule has 1 aliphatic rings. The molecule has 0 aliphatic carbocycles. The molecular weight excluding hydrogens is 330 g/mol. The van der Waals surface area contributed by atoms with E-state index in [9.17, 15) is 0 Å². The van der Waals surface area contributed by atoms with E-state index in [-0.39, 0.29) is 0 Å². The van der Waals surface area contributed by atoms with Crippen LogP contribution in [0.25, 0.3) is 10.2 Å². The van der Waals surface area contributed by atoms with Gasteiger partial charge in [-0.15, -0.1) is 0 Å². The van der Waals surface area contributed by atoms with E-state index in [1.54, 1.807) is 18.4 Å². The average molecular weight is 353 g/mol. The third kappa shape index (κ3) is 3.48. The second-order valence-electron chi connectivity index (χ2n) is 6.37. The van der Waals surface area contributed by atoms with Crippen LogP contribution in [0.15, 0.2) is 48.5 Å². The summed E-state index contributed by atoms with van der Waals surface area (Å²) in [5.74, 6) is 0.963. The lowest BCUT2D eigenvalue weighted by Gasteiger charge is -2.29. The molecule has 4 nitrogen and oxygen atoms in total. The number of hydrogen-bond donors (Lipinski definition) is 1. The van der Waals surface area contributed by atoms with Gasteiger partial charge in [-0.1, -0.05) is 41.7 Å².